The van der Waals surface area contributed by atoms with Gasteiger partial charge in [0.1, 0.15) is 4.21 Å². The number of aryl methyl sites for hydroxylation is 1. The van der Waals surface area contributed by atoms with Crippen molar-refractivity contribution in [3.63, 3.8) is 0 Å². The first kappa shape index (κ1) is 18.7. The number of carbonyl (C=O) groups is 1. The van der Waals surface area contributed by atoms with E-state index in [1.165, 1.54) is 20.3 Å². The number of urea groups is 1. The summed E-state index contributed by atoms with van der Waals surface area (Å²) in [5.41, 5.74) is 0.522. The fourth-order valence-corrected chi connectivity index (χ4v) is 4.28. The number of carbonyl (C=O) groups excluding carboxylic acids is 1. The molecule has 2 heterocycles. The molecule has 0 aliphatic carbocycles. The molecule has 0 aromatic carbocycles. The summed E-state index contributed by atoms with van der Waals surface area (Å²) < 4.78 is 36.6. The van der Waals surface area contributed by atoms with Gasteiger partial charge < -0.3 is 14.8 Å². The van der Waals surface area contributed by atoms with Crippen LogP contribution in [-0.4, -0.2) is 45.7 Å². The number of sulfonamides is 1. The molecule has 2 rings (SSSR count). The molecule has 136 valence electrons. The lowest BCUT2D eigenvalue weighted by Crippen LogP contribution is -2.34. The number of methoxy groups -OCH3 is 2. The van der Waals surface area contributed by atoms with Crippen molar-refractivity contribution in [3.8, 4) is 11.8 Å². The Kier molecular flexibility index (Phi) is 5.64. The summed E-state index contributed by atoms with van der Waals surface area (Å²) >= 11 is 1.01. The first-order valence-electron chi connectivity index (χ1n) is 6.88. The number of thiophene rings is 1. The van der Waals surface area contributed by atoms with E-state index in [2.05, 4.69) is 20.6 Å². The number of nitrogens with zero attached hydrogens (tertiary/aromatic N) is 2. The summed E-state index contributed by atoms with van der Waals surface area (Å²) in [6, 6.07) is 2.08. The molecule has 2 aromatic heterocycles. The molecule has 0 fully saturated rings. The Morgan fingerprint density at radius 2 is 1.76 bits per heavy atom. The number of rotatable bonds is 6. The lowest BCUT2D eigenvalue weighted by molar-refractivity contribution is 0.256. The maximum atomic E-state index is 12.3. The molecule has 2 aromatic rings. The predicted molar refractivity (Wildman–Crippen MR) is 93.1 cm³/mol. The summed E-state index contributed by atoms with van der Waals surface area (Å²) in [5.74, 6) is 0.137. The fraction of sp³-hybridized carbons (Fsp3) is 0.308. The molecule has 3 N–H and O–H groups in total. The van der Waals surface area contributed by atoms with E-state index >= 15 is 0 Å². The Bertz CT molecular complexity index is 859. The predicted octanol–water partition coefficient (Wildman–Crippen LogP) is 1.42. The van der Waals surface area contributed by atoms with Gasteiger partial charge in [0, 0.05) is 7.05 Å². The summed E-state index contributed by atoms with van der Waals surface area (Å²) in [5, 5.41) is 5.76. The molecule has 0 aliphatic rings. The minimum Gasteiger partial charge on any atom is -0.481 e. The lowest BCUT2D eigenvalue weighted by atomic mass is 10.4. The van der Waals surface area contributed by atoms with E-state index < -0.39 is 16.1 Å². The molecular formula is C13H17N5O5S2. The molecule has 0 radical (unpaired) electrons. The molecular weight excluding hydrogens is 370 g/mol. The van der Waals surface area contributed by atoms with E-state index in [1.54, 1.807) is 20.0 Å². The van der Waals surface area contributed by atoms with Gasteiger partial charge in [-0.15, -0.1) is 11.3 Å². The molecule has 10 nitrogen and oxygen atoms in total. The van der Waals surface area contributed by atoms with Gasteiger partial charge in [0.15, 0.2) is 0 Å². The van der Waals surface area contributed by atoms with Crippen molar-refractivity contribution >= 4 is 38.3 Å². The maximum absolute atomic E-state index is 12.3. The minimum atomic E-state index is -4.03. The summed E-state index contributed by atoms with van der Waals surface area (Å²) in [6.45, 7) is 1.64. The number of aromatic nitrogens is 2. The van der Waals surface area contributed by atoms with Crippen LogP contribution in [0.15, 0.2) is 16.3 Å². The Morgan fingerprint density at radius 3 is 2.24 bits per heavy atom. The molecule has 0 aliphatic heterocycles. The van der Waals surface area contributed by atoms with Gasteiger partial charge in [-0.3, -0.25) is 5.32 Å². The average molecular weight is 387 g/mol. The Labute approximate surface area is 148 Å². The van der Waals surface area contributed by atoms with Gasteiger partial charge in [-0.2, -0.15) is 9.97 Å². The second-order valence-corrected chi connectivity index (χ2v) is 7.60. The van der Waals surface area contributed by atoms with Crippen molar-refractivity contribution in [1.82, 2.24) is 14.7 Å². The van der Waals surface area contributed by atoms with Crippen LogP contribution in [0.4, 0.5) is 15.7 Å². The maximum Gasteiger partial charge on any atom is 0.335 e. The molecule has 12 heteroatoms. The van der Waals surface area contributed by atoms with Crippen LogP contribution in [0.2, 0.25) is 0 Å². The molecule has 0 saturated heterocycles. The second kappa shape index (κ2) is 7.53. The summed E-state index contributed by atoms with van der Waals surface area (Å²) in [6.07, 6.45) is 0. The quantitative estimate of drug-likeness (QED) is 0.678. The zero-order chi connectivity index (χ0) is 18.6. The molecule has 0 spiro atoms. The Hall–Kier alpha value is -2.60. The van der Waals surface area contributed by atoms with Crippen LogP contribution in [0.3, 0.4) is 0 Å². The topological polar surface area (TPSA) is 132 Å². The zero-order valence-corrected chi connectivity index (χ0v) is 15.5. The van der Waals surface area contributed by atoms with Crippen LogP contribution < -0.4 is 24.8 Å². The third-order valence-electron chi connectivity index (χ3n) is 2.91. The van der Waals surface area contributed by atoms with E-state index in [1.807, 2.05) is 4.72 Å². The van der Waals surface area contributed by atoms with Crippen molar-refractivity contribution in [2.24, 2.45) is 0 Å². The minimum absolute atomic E-state index is 0.0381. The molecule has 0 saturated carbocycles. The molecule has 2 amide bonds. The number of anilines is 2. The largest absolute Gasteiger partial charge is 0.481 e. The molecule has 0 unspecified atom stereocenters. The molecule has 0 bridgehead atoms. The van der Waals surface area contributed by atoms with Crippen LogP contribution >= 0.6 is 11.3 Å². The average Bonchev–Trinajstić information content (AvgIpc) is 2.95. The first-order chi connectivity index (χ1) is 11.8. The number of nitrogens with one attached hydrogen (secondary N) is 3. The van der Waals surface area contributed by atoms with E-state index in [0.29, 0.717) is 10.6 Å². The highest BCUT2D eigenvalue weighted by molar-refractivity contribution is 7.92. The van der Waals surface area contributed by atoms with Crippen molar-refractivity contribution in [1.29, 1.82) is 0 Å². The summed E-state index contributed by atoms with van der Waals surface area (Å²) in [7, 11) is 0.411. The smallest absolute Gasteiger partial charge is 0.335 e. The molecule has 0 atom stereocenters. The Morgan fingerprint density at radius 1 is 1.16 bits per heavy atom. The van der Waals surface area contributed by atoms with Gasteiger partial charge >= 0.3 is 6.03 Å². The summed E-state index contributed by atoms with van der Waals surface area (Å²) in [4.78, 5) is 19.8. The van der Waals surface area contributed by atoms with Gasteiger partial charge in [0.2, 0.25) is 17.7 Å². The monoisotopic (exact) mass is 387 g/mol. The van der Waals surface area contributed by atoms with E-state index in [4.69, 9.17) is 9.47 Å². The Balaban J connectivity index is 2.17. The SMILES string of the molecule is CNc1cc(C)c(S(=O)(=O)NC(=O)Nc2nc(OC)cc(OC)n2)s1. The van der Waals surface area contributed by atoms with Crippen molar-refractivity contribution in [2.45, 2.75) is 11.1 Å². The van der Waals surface area contributed by atoms with Crippen LogP contribution in [-0.2, 0) is 10.0 Å². The van der Waals surface area contributed by atoms with Crippen LogP contribution in [0.5, 0.6) is 11.8 Å². The molecule has 25 heavy (non-hydrogen) atoms. The van der Waals surface area contributed by atoms with Gasteiger partial charge in [-0.1, -0.05) is 0 Å². The van der Waals surface area contributed by atoms with Gasteiger partial charge in [-0.25, -0.2) is 17.9 Å². The normalized spacial score (nSPS) is 10.9. The van der Waals surface area contributed by atoms with E-state index in [-0.39, 0.29) is 21.9 Å². The number of hydrogen-bond donors (Lipinski definition) is 3. The lowest BCUT2D eigenvalue weighted by Gasteiger charge is -2.09. The number of amides is 2. The second-order valence-electron chi connectivity index (χ2n) is 4.67. The first-order valence-corrected chi connectivity index (χ1v) is 9.18. The van der Waals surface area contributed by atoms with Crippen LogP contribution in [0, 0.1) is 6.92 Å². The van der Waals surface area contributed by atoms with Gasteiger partial charge in [-0.05, 0) is 18.6 Å². The van der Waals surface area contributed by atoms with Crippen molar-refractivity contribution in [2.75, 3.05) is 31.9 Å². The van der Waals surface area contributed by atoms with Crippen LogP contribution in [0.25, 0.3) is 0 Å². The van der Waals surface area contributed by atoms with E-state index in [0.717, 1.165) is 11.3 Å². The highest BCUT2D eigenvalue weighted by Gasteiger charge is 2.23. The highest BCUT2D eigenvalue weighted by atomic mass is 32.2. The number of hydrogen-bond acceptors (Lipinski definition) is 9. The zero-order valence-electron chi connectivity index (χ0n) is 13.9. The van der Waals surface area contributed by atoms with Gasteiger partial charge in [0.05, 0.1) is 25.3 Å². The number of ether oxygens (including phenoxy) is 2. The van der Waals surface area contributed by atoms with Crippen molar-refractivity contribution < 1.29 is 22.7 Å². The third-order valence-corrected chi connectivity index (χ3v) is 6.13. The van der Waals surface area contributed by atoms with Gasteiger partial charge in [0.25, 0.3) is 10.0 Å². The fourth-order valence-electron chi connectivity index (χ4n) is 1.82. The standard InChI is InChI=1S/C13H17N5O5S2/c1-7-5-10(14-2)24-11(7)25(20,21)18-13(19)17-12-15-8(22-3)6-9(16-12)23-4/h5-6,14H,1-4H3,(H2,15,16,17,18,19). The van der Waals surface area contributed by atoms with Crippen molar-refractivity contribution in [3.05, 3.63) is 17.7 Å². The highest BCUT2D eigenvalue weighted by Crippen LogP contribution is 2.30. The third kappa shape index (κ3) is 4.48. The van der Waals surface area contributed by atoms with E-state index in [9.17, 15) is 13.2 Å². The van der Waals surface area contributed by atoms with Crippen LogP contribution in [0.1, 0.15) is 5.56 Å².